The number of benzene rings is 1. The van der Waals surface area contributed by atoms with Crippen LogP contribution < -0.4 is 0 Å². The number of rotatable bonds is 1. The van der Waals surface area contributed by atoms with Crippen molar-refractivity contribution in [2.24, 2.45) is 7.05 Å². The van der Waals surface area contributed by atoms with Gasteiger partial charge >= 0.3 is 5.97 Å². The average molecular weight is 177 g/mol. The van der Waals surface area contributed by atoms with Crippen LogP contribution in [0.15, 0.2) is 18.2 Å². The highest BCUT2D eigenvalue weighted by atomic mass is 16.4. The molecule has 0 saturated heterocycles. The maximum atomic E-state index is 10.7. The molecule has 0 atom stereocenters. The average Bonchev–Trinajstić information content (AvgIpc) is 2.48. The third-order valence-electron chi connectivity index (χ3n) is 1.87. The molecule has 0 saturated carbocycles. The Morgan fingerprint density at radius 2 is 2.31 bits per heavy atom. The zero-order valence-electron chi connectivity index (χ0n) is 6.93. The molecule has 1 heterocycles. The highest BCUT2D eigenvalue weighted by molar-refractivity contribution is 6.00. The van der Waals surface area contributed by atoms with Crippen molar-refractivity contribution in [1.82, 2.24) is 15.0 Å². The number of carboxylic acids is 1. The van der Waals surface area contributed by atoms with Crippen molar-refractivity contribution in [2.45, 2.75) is 0 Å². The van der Waals surface area contributed by atoms with Gasteiger partial charge in [0.25, 0.3) is 0 Å². The van der Waals surface area contributed by atoms with E-state index in [0.29, 0.717) is 5.52 Å². The van der Waals surface area contributed by atoms with Crippen LogP contribution in [0.5, 0.6) is 0 Å². The van der Waals surface area contributed by atoms with Crippen LogP contribution in [0.2, 0.25) is 0 Å². The first-order valence-electron chi connectivity index (χ1n) is 3.72. The molecule has 0 fully saturated rings. The number of aryl methyl sites for hydroxylation is 1. The molecule has 0 spiro atoms. The topological polar surface area (TPSA) is 68.0 Å². The molecule has 0 aliphatic rings. The lowest BCUT2D eigenvalue weighted by Crippen LogP contribution is -1.97. The fraction of sp³-hybridized carbons (Fsp3) is 0.125. The largest absolute Gasteiger partial charge is 0.478 e. The lowest BCUT2D eigenvalue weighted by Gasteiger charge is -1.94. The number of nitrogens with zero attached hydrogens (tertiary/aromatic N) is 3. The number of carbonyl (C=O) groups is 1. The smallest absolute Gasteiger partial charge is 0.338 e. The van der Waals surface area contributed by atoms with Crippen molar-refractivity contribution in [3.63, 3.8) is 0 Å². The summed E-state index contributed by atoms with van der Waals surface area (Å²) >= 11 is 0. The van der Waals surface area contributed by atoms with Crippen molar-refractivity contribution in [3.8, 4) is 0 Å². The number of fused-ring (bicyclic) bond motifs is 1. The van der Waals surface area contributed by atoms with Gasteiger partial charge in [-0.15, -0.1) is 5.10 Å². The van der Waals surface area contributed by atoms with Gasteiger partial charge in [-0.1, -0.05) is 11.3 Å². The Morgan fingerprint density at radius 1 is 1.54 bits per heavy atom. The van der Waals surface area contributed by atoms with Crippen LogP contribution in [-0.2, 0) is 7.05 Å². The molecular formula is C8H7N3O2. The van der Waals surface area contributed by atoms with Gasteiger partial charge in [-0.25, -0.2) is 9.48 Å². The summed E-state index contributed by atoms with van der Waals surface area (Å²) in [5.74, 6) is -0.980. The van der Waals surface area contributed by atoms with Gasteiger partial charge in [0.2, 0.25) is 0 Å². The van der Waals surface area contributed by atoms with E-state index >= 15 is 0 Å². The van der Waals surface area contributed by atoms with Crippen LogP contribution >= 0.6 is 0 Å². The maximum Gasteiger partial charge on any atom is 0.338 e. The van der Waals surface area contributed by atoms with Gasteiger partial charge in [0, 0.05) is 7.05 Å². The van der Waals surface area contributed by atoms with Crippen molar-refractivity contribution in [2.75, 3.05) is 0 Å². The van der Waals surface area contributed by atoms with Crippen molar-refractivity contribution >= 4 is 17.0 Å². The molecule has 2 rings (SSSR count). The fourth-order valence-electron chi connectivity index (χ4n) is 1.23. The molecule has 1 aromatic carbocycles. The van der Waals surface area contributed by atoms with E-state index in [0.717, 1.165) is 5.52 Å². The standard InChI is InChI=1S/C8H7N3O2/c1-11-6-4-2-3-5(8(12)13)7(6)9-10-11/h2-4H,1H3,(H,12,13). The Kier molecular flexibility index (Phi) is 1.51. The Labute approximate surface area is 73.6 Å². The van der Waals surface area contributed by atoms with Gasteiger partial charge in [0.05, 0.1) is 11.1 Å². The van der Waals surface area contributed by atoms with Crippen LogP contribution in [0.4, 0.5) is 0 Å². The van der Waals surface area contributed by atoms with Crippen LogP contribution in [0, 0.1) is 0 Å². The summed E-state index contributed by atoms with van der Waals surface area (Å²) in [7, 11) is 1.72. The first-order valence-corrected chi connectivity index (χ1v) is 3.72. The second-order valence-corrected chi connectivity index (χ2v) is 2.69. The van der Waals surface area contributed by atoms with Gasteiger partial charge in [-0.05, 0) is 12.1 Å². The maximum absolute atomic E-state index is 10.7. The number of hydrogen-bond acceptors (Lipinski definition) is 3. The Morgan fingerprint density at radius 3 is 3.00 bits per heavy atom. The molecule has 66 valence electrons. The Bertz CT molecular complexity index is 475. The van der Waals surface area contributed by atoms with Gasteiger partial charge in [0.15, 0.2) is 0 Å². The number of carboxylic acid groups (broad SMARTS) is 1. The fourth-order valence-corrected chi connectivity index (χ4v) is 1.23. The van der Waals surface area contributed by atoms with Gasteiger partial charge in [0.1, 0.15) is 5.52 Å². The zero-order chi connectivity index (χ0) is 9.42. The molecule has 1 aromatic heterocycles. The minimum Gasteiger partial charge on any atom is -0.478 e. The number of aromatic nitrogens is 3. The number of aromatic carboxylic acids is 1. The summed E-state index contributed by atoms with van der Waals surface area (Å²) in [6.07, 6.45) is 0. The van der Waals surface area contributed by atoms with Gasteiger partial charge < -0.3 is 5.11 Å². The Hall–Kier alpha value is -1.91. The zero-order valence-corrected chi connectivity index (χ0v) is 6.93. The van der Waals surface area contributed by atoms with E-state index in [2.05, 4.69) is 10.3 Å². The predicted molar refractivity (Wildman–Crippen MR) is 45.5 cm³/mol. The summed E-state index contributed by atoms with van der Waals surface area (Å²) in [4.78, 5) is 10.7. The molecular weight excluding hydrogens is 170 g/mol. The van der Waals surface area contributed by atoms with E-state index in [1.54, 1.807) is 23.9 Å². The van der Waals surface area contributed by atoms with Crippen molar-refractivity contribution in [3.05, 3.63) is 23.8 Å². The second-order valence-electron chi connectivity index (χ2n) is 2.69. The molecule has 1 N–H and O–H groups in total. The molecule has 0 amide bonds. The minimum atomic E-state index is -0.980. The van der Waals surface area contributed by atoms with Crippen LogP contribution in [0.3, 0.4) is 0 Å². The SMILES string of the molecule is Cn1nnc2c(C(=O)O)cccc21. The van der Waals surface area contributed by atoms with Gasteiger partial charge in [-0.3, -0.25) is 0 Å². The quantitative estimate of drug-likeness (QED) is 0.695. The highest BCUT2D eigenvalue weighted by Crippen LogP contribution is 2.14. The summed E-state index contributed by atoms with van der Waals surface area (Å²) < 4.78 is 1.54. The van der Waals surface area contributed by atoms with Crippen molar-refractivity contribution in [1.29, 1.82) is 0 Å². The van der Waals surface area contributed by atoms with Crippen LogP contribution in [0.1, 0.15) is 10.4 Å². The first kappa shape index (κ1) is 7.72. The van der Waals surface area contributed by atoms with E-state index in [9.17, 15) is 4.79 Å². The highest BCUT2D eigenvalue weighted by Gasteiger charge is 2.11. The summed E-state index contributed by atoms with van der Waals surface area (Å²) in [5.41, 5.74) is 1.34. The monoisotopic (exact) mass is 177 g/mol. The van der Waals surface area contributed by atoms with Gasteiger partial charge in [-0.2, -0.15) is 0 Å². The third-order valence-corrected chi connectivity index (χ3v) is 1.87. The molecule has 0 bridgehead atoms. The summed E-state index contributed by atoms with van der Waals surface area (Å²) in [6, 6.07) is 4.97. The van der Waals surface area contributed by atoms with E-state index in [-0.39, 0.29) is 5.56 Å². The normalized spacial score (nSPS) is 10.5. The van der Waals surface area contributed by atoms with Crippen molar-refractivity contribution < 1.29 is 9.90 Å². The second kappa shape index (κ2) is 2.55. The lowest BCUT2D eigenvalue weighted by molar-refractivity contribution is 0.0699. The molecule has 0 radical (unpaired) electrons. The molecule has 13 heavy (non-hydrogen) atoms. The summed E-state index contributed by atoms with van der Waals surface area (Å²) in [5, 5.41) is 16.3. The molecule has 0 aliphatic heterocycles. The molecule has 0 unspecified atom stereocenters. The minimum absolute atomic E-state index is 0.186. The lowest BCUT2D eigenvalue weighted by atomic mass is 10.2. The molecule has 5 nitrogen and oxygen atoms in total. The van der Waals surface area contributed by atoms with E-state index < -0.39 is 5.97 Å². The van der Waals surface area contributed by atoms with E-state index in [1.165, 1.54) is 6.07 Å². The molecule has 2 aromatic rings. The van der Waals surface area contributed by atoms with E-state index in [1.807, 2.05) is 0 Å². The predicted octanol–water partition coefficient (Wildman–Crippen LogP) is 0.667. The first-order chi connectivity index (χ1) is 6.20. The van der Waals surface area contributed by atoms with E-state index in [4.69, 9.17) is 5.11 Å². The molecule has 0 aliphatic carbocycles. The van der Waals surface area contributed by atoms with Crippen LogP contribution in [-0.4, -0.2) is 26.1 Å². The Balaban J connectivity index is 2.84. The van der Waals surface area contributed by atoms with Crippen LogP contribution in [0.25, 0.3) is 11.0 Å². The molecule has 5 heteroatoms. The summed E-state index contributed by atoms with van der Waals surface area (Å²) in [6.45, 7) is 0. The third kappa shape index (κ3) is 1.05. The number of hydrogen-bond donors (Lipinski definition) is 1.